The second-order valence-electron chi connectivity index (χ2n) is 7.46. The van der Waals surface area contributed by atoms with Crippen LogP contribution in [0.25, 0.3) is 0 Å². The first-order valence-electron chi connectivity index (χ1n) is 11.3. The average molecular weight is 476 g/mol. The van der Waals surface area contributed by atoms with E-state index in [0.717, 1.165) is 11.1 Å². The molecule has 8 nitrogen and oxygen atoms in total. The van der Waals surface area contributed by atoms with Crippen molar-refractivity contribution in [2.75, 3.05) is 18.5 Å². The zero-order valence-corrected chi connectivity index (χ0v) is 20.0. The lowest BCUT2D eigenvalue weighted by Crippen LogP contribution is -2.32. The molecule has 0 bridgehead atoms. The van der Waals surface area contributed by atoms with Gasteiger partial charge in [0.15, 0.2) is 11.5 Å². The molecule has 0 aromatic heterocycles. The third-order valence-electron chi connectivity index (χ3n) is 4.92. The van der Waals surface area contributed by atoms with Gasteiger partial charge in [0.2, 0.25) is 0 Å². The van der Waals surface area contributed by atoms with Gasteiger partial charge in [-0.1, -0.05) is 24.3 Å². The fourth-order valence-electron chi connectivity index (χ4n) is 3.13. The molecule has 0 atom stereocenters. The van der Waals surface area contributed by atoms with Crippen LogP contribution >= 0.6 is 0 Å². The molecule has 0 saturated heterocycles. The fourth-order valence-corrected chi connectivity index (χ4v) is 3.13. The minimum atomic E-state index is -0.890. The fraction of sp³-hybridized carbons (Fsp3) is 0.222. The van der Waals surface area contributed by atoms with Gasteiger partial charge in [-0.3, -0.25) is 9.59 Å². The molecule has 0 spiro atoms. The summed E-state index contributed by atoms with van der Waals surface area (Å²) in [6, 6.07) is 20.1. The highest BCUT2D eigenvalue weighted by Crippen LogP contribution is 2.29. The number of rotatable bonds is 10. The van der Waals surface area contributed by atoms with Gasteiger partial charge in [0.1, 0.15) is 12.4 Å². The number of amides is 2. The summed E-state index contributed by atoms with van der Waals surface area (Å²) < 4.78 is 17.0. The van der Waals surface area contributed by atoms with Crippen molar-refractivity contribution in [3.05, 3.63) is 83.4 Å². The Hall–Kier alpha value is -4.33. The Bertz CT molecular complexity index is 1180. The Balaban J connectivity index is 1.57. The van der Waals surface area contributed by atoms with Gasteiger partial charge >= 0.3 is 11.8 Å². The number of carbonyl (C=O) groups excluding carboxylic acids is 2. The monoisotopic (exact) mass is 475 g/mol. The second-order valence-corrected chi connectivity index (χ2v) is 7.46. The van der Waals surface area contributed by atoms with E-state index in [9.17, 15) is 9.59 Å². The summed E-state index contributed by atoms with van der Waals surface area (Å²) in [5.41, 5.74) is 5.61. The summed E-state index contributed by atoms with van der Waals surface area (Å²) in [4.78, 5) is 24.2. The van der Waals surface area contributed by atoms with Crippen LogP contribution in [-0.4, -0.2) is 31.2 Å². The lowest BCUT2D eigenvalue weighted by atomic mass is 10.1. The number of anilines is 1. The van der Waals surface area contributed by atoms with Crippen LogP contribution in [0.15, 0.2) is 71.8 Å². The largest absolute Gasteiger partial charge is 0.494 e. The van der Waals surface area contributed by atoms with Crippen molar-refractivity contribution in [3.8, 4) is 17.2 Å². The Morgan fingerprint density at radius 2 is 1.60 bits per heavy atom. The summed E-state index contributed by atoms with van der Waals surface area (Å²) in [5, 5.41) is 6.38. The van der Waals surface area contributed by atoms with Crippen LogP contribution in [0.2, 0.25) is 0 Å². The Morgan fingerprint density at radius 3 is 2.31 bits per heavy atom. The first-order valence-corrected chi connectivity index (χ1v) is 11.3. The van der Waals surface area contributed by atoms with E-state index in [-0.39, 0.29) is 0 Å². The number of carbonyl (C=O) groups is 2. The average Bonchev–Trinajstić information content (AvgIpc) is 2.86. The van der Waals surface area contributed by atoms with Gasteiger partial charge in [-0.05, 0) is 79.9 Å². The van der Waals surface area contributed by atoms with Crippen LogP contribution in [0, 0.1) is 6.92 Å². The zero-order chi connectivity index (χ0) is 25.0. The Morgan fingerprint density at radius 1 is 0.857 bits per heavy atom. The molecule has 8 heteroatoms. The van der Waals surface area contributed by atoms with Crippen LogP contribution in [0.5, 0.6) is 17.2 Å². The van der Waals surface area contributed by atoms with Crippen molar-refractivity contribution in [3.63, 3.8) is 0 Å². The smallest absolute Gasteiger partial charge is 0.329 e. The third-order valence-corrected chi connectivity index (χ3v) is 4.92. The van der Waals surface area contributed by atoms with Gasteiger partial charge in [0.25, 0.3) is 0 Å². The molecule has 182 valence electrons. The minimum absolute atomic E-state index is 0.416. The normalized spacial score (nSPS) is 10.6. The molecule has 0 unspecified atom stereocenters. The molecule has 35 heavy (non-hydrogen) atoms. The summed E-state index contributed by atoms with van der Waals surface area (Å²) in [7, 11) is 0. The number of hydrogen-bond acceptors (Lipinski definition) is 6. The summed E-state index contributed by atoms with van der Waals surface area (Å²) in [5.74, 6) is 0.118. The third kappa shape index (κ3) is 7.60. The molecule has 3 aromatic carbocycles. The topological polar surface area (TPSA) is 98.2 Å². The molecule has 0 aliphatic carbocycles. The van der Waals surface area contributed by atoms with E-state index in [1.807, 2.05) is 45.0 Å². The predicted molar refractivity (Wildman–Crippen MR) is 135 cm³/mol. The molecule has 0 saturated carbocycles. The van der Waals surface area contributed by atoms with Crippen molar-refractivity contribution in [2.24, 2.45) is 5.10 Å². The maximum Gasteiger partial charge on any atom is 0.329 e. The molecule has 2 N–H and O–H groups in total. The van der Waals surface area contributed by atoms with E-state index >= 15 is 0 Å². The van der Waals surface area contributed by atoms with Crippen LogP contribution in [-0.2, 0) is 16.2 Å². The summed E-state index contributed by atoms with van der Waals surface area (Å²) in [6.07, 6.45) is 1.43. The molecule has 0 fully saturated rings. The summed E-state index contributed by atoms with van der Waals surface area (Å²) >= 11 is 0. The molecule has 0 heterocycles. The van der Waals surface area contributed by atoms with Crippen molar-refractivity contribution in [2.45, 2.75) is 27.4 Å². The molecule has 2 amide bonds. The van der Waals surface area contributed by atoms with E-state index < -0.39 is 11.8 Å². The quantitative estimate of drug-likeness (QED) is 0.256. The highest BCUT2D eigenvalue weighted by Gasteiger charge is 2.13. The van der Waals surface area contributed by atoms with Gasteiger partial charge in [-0.25, -0.2) is 5.43 Å². The van der Waals surface area contributed by atoms with Crippen LogP contribution in [0.1, 0.15) is 30.5 Å². The Labute approximate surface area is 204 Å². The van der Waals surface area contributed by atoms with E-state index in [1.54, 1.807) is 42.5 Å². The van der Waals surface area contributed by atoms with Crippen molar-refractivity contribution >= 4 is 23.7 Å². The minimum Gasteiger partial charge on any atom is -0.494 e. The van der Waals surface area contributed by atoms with Gasteiger partial charge in [-0.2, -0.15) is 5.10 Å². The number of hydrazone groups is 1. The first-order chi connectivity index (χ1) is 17.0. The lowest BCUT2D eigenvalue weighted by molar-refractivity contribution is -0.136. The Kier molecular flexibility index (Phi) is 9.24. The molecular formula is C27H29N3O5. The second kappa shape index (κ2) is 12.8. The highest BCUT2D eigenvalue weighted by molar-refractivity contribution is 6.39. The van der Waals surface area contributed by atoms with E-state index in [1.165, 1.54) is 6.21 Å². The van der Waals surface area contributed by atoms with Gasteiger partial charge < -0.3 is 19.5 Å². The number of hydrogen-bond donors (Lipinski definition) is 2. The van der Waals surface area contributed by atoms with E-state index in [0.29, 0.717) is 48.3 Å². The van der Waals surface area contributed by atoms with Crippen LogP contribution < -0.4 is 25.0 Å². The maximum atomic E-state index is 12.1. The van der Waals surface area contributed by atoms with Crippen LogP contribution in [0.3, 0.4) is 0 Å². The van der Waals surface area contributed by atoms with Gasteiger partial charge in [-0.15, -0.1) is 0 Å². The predicted octanol–water partition coefficient (Wildman–Crippen LogP) is 4.46. The standard InChI is InChI=1S/C27H29N3O5/c1-4-33-23-13-11-22(12-14-23)29-26(31)27(32)30-28-17-20-10-15-24(25(16-20)34-5-2)35-18-21-9-7-6-8-19(21)3/h6-17H,4-5,18H2,1-3H3,(H,29,31)(H,30,32)/b28-17+. The molecular weight excluding hydrogens is 446 g/mol. The number of nitrogens with zero attached hydrogens (tertiary/aromatic N) is 1. The number of benzene rings is 3. The first kappa shape index (κ1) is 25.3. The summed E-state index contributed by atoms with van der Waals surface area (Å²) in [6.45, 7) is 7.22. The van der Waals surface area contributed by atoms with Crippen molar-refractivity contribution in [1.29, 1.82) is 0 Å². The molecule has 3 rings (SSSR count). The maximum absolute atomic E-state index is 12.1. The molecule has 0 radical (unpaired) electrons. The van der Waals surface area contributed by atoms with Gasteiger partial charge in [0, 0.05) is 5.69 Å². The molecule has 3 aromatic rings. The number of aryl methyl sites for hydroxylation is 1. The van der Waals surface area contributed by atoms with Crippen LogP contribution in [0.4, 0.5) is 5.69 Å². The highest BCUT2D eigenvalue weighted by atomic mass is 16.5. The van der Waals surface area contributed by atoms with E-state index in [4.69, 9.17) is 14.2 Å². The van der Waals surface area contributed by atoms with Crippen molar-refractivity contribution in [1.82, 2.24) is 5.43 Å². The van der Waals surface area contributed by atoms with E-state index in [2.05, 4.69) is 15.8 Å². The molecule has 0 aliphatic heterocycles. The zero-order valence-electron chi connectivity index (χ0n) is 20.0. The lowest BCUT2D eigenvalue weighted by Gasteiger charge is -2.13. The molecule has 0 aliphatic rings. The number of ether oxygens (including phenoxy) is 3. The SMILES string of the molecule is CCOc1ccc(NC(=O)C(=O)N/N=C/c2ccc(OCc3ccccc3C)c(OCC)c2)cc1. The van der Waals surface area contributed by atoms with Gasteiger partial charge in [0.05, 0.1) is 19.4 Å². The number of nitrogens with one attached hydrogen (secondary N) is 2. The van der Waals surface area contributed by atoms with Crippen molar-refractivity contribution < 1.29 is 23.8 Å².